The van der Waals surface area contributed by atoms with E-state index in [4.69, 9.17) is 23.2 Å². The highest BCUT2D eigenvalue weighted by Gasteiger charge is 2.60. The molecule has 0 radical (unpaired) electrons. The Morgan fingerprint density at radius 3 is 2.31 bits per heavy atom. The minimum absolute atomic E-state index is 0.0284. The van der Waals surface area contributed by atoms with Gasteiger partial charge in [0.05, 0.1) is 32.2 Å². The molecule has 0 unspecified atom stereocenters. The Morgan fingerprint density at radius 2 is 1.74 bits per heavy atom. The number of carbonyl (C=O) groups excluding carboxylic acids is 2. The zero-order valence-corrected chi connectivity index (χ0v) is 22.6. The maximum absolute atomic E-state index is 14.0. The highest BCUT2D eigenvalue weighted by Crippen LogP contribution is 2.54. The minimum atomic E-state index is -4.79. The van der Waals surface area contributed by atoms with Gasteiger partial charge in [-0.15, -0.1) is 0 Å². The van der Waals surface area contributed by atoms with Crippen molar-refractivity contribution in [3.63, 3.8) is 0 Å². The number of amides is 2. The van der Waals surface area contributed by atoms with Gasteiger partial charge in [0.1, 0.15) is 11.6 Å². The van der Waals surface area contributed by atoms with E-state index < -0.39 is 62.2 Å². The van der Waals surface area contributed by atoms with E-state index >= 15 is 0 Å². The first-order valence-electron chi connectivity index (χ1n) is 12.1. The summed E-state index contributed by atoms with van der Waals surface area (Å²) < 4.78 is 68.9. The molecule has 0 bridgehead atoms. The third kappa shape index (κ3) is 4.87. The molecular weight excluding hydrogens is 578 g/mol. The van der Waals surface area contributed by atoms with Crippen LogP contribution in [0.15, 0.2) is 47.4 Å². The predicted molar refractivity (Wildman–Crippen MR) is 136 cm³/mol. The number of benzene rings is 2. The Kier molecular flexibility index (Phi) is 6.68. The van der Waals surface area contributed by atoms with Crippen molar-refractivity contribution in [2.24, 2.45) is 0 Å². The number of nitriles is 1. The van der Waals surface area contributed by atoms with Crippen LogP contribution in [0.5, 0.6) is 0 Å². The van der Waals surface area contributed by atoms with E-state index in [9.17, 15) is 36.4 Å². The quantitative estimate of drug-likeness (QED) is 0.519. The zero-order chi connectivity index (χ0) is 28.4. The SMILES string of the molecule is N#CC1(NC(=O)[C@@H]2C[C@@H](S(=O)(=O)c3ccccc3Cl)CN2C(=O)C2(c3ccc(Cl)cc3C(F)(F)F)CC2)CC1. The largest absolute Gasteiger partial charge is 0.416 e. The smallest absolute Gasteiger partial charge is 0.336 e. The number of rotatable bonds is 6. The lowest BCUT2D eigenvalue weighted by Crippen LogP contribution is -2.51. The summed E-state index contributed by atoms with van der Waals surface area (Å²) in [5, 5.41) is 10.6. The zero-order valence-electron chi connectivity index (χ0n) is 20.3. The topological polar surface area (TPSA) is 107 Å². The van der Waals surface area contributed by atoms with E-state index in [1.807, 2.05) is 6.07 Å². The second-order valence-electron chi connectivity index (χ2n) is 10.3. The van der Waals surface area contributed by atoms with Gasteiger partial charge in [-0.1, -0.05) is 41.4 Å². The Balaban J connectivity index is 1.53. The first-order chi connectivity index (χ1) is 18.2. The summed E-state index contributed by atoms with van der Waals surface area (Å²) in [5.41, 5.74) is -3.99. The van der Waals surface area contributed by atoms with Gasteiger partial charge in [-0.05, 0) is 61.9 Å². The van der Waals surface area contributed by atoms with Gasteiger partial charge in [0.15, 0.2) is 9.84 Å². The Hall–Kier alpha value is -2.81. The molecule has 206 valence electrons. The first kappa shape index (κ1) is 27.7. The van der Waals surface area contributed by atoms with Crippen molar-refractivity contribution in [3.05, 3.63) is 63.6 Å². The maximum Gasteiger partial charge on any atom is 0.416 e. The number of nitrogens with one attached hydrogen (secondary N) is 1. The van der Waals surface area contributed by atoms with Gasteiger partial charge in [-0.25, -0.2) is 8.42 Å². The maximum atomic E-state index is 14.0. The van der Waals surface area contributed by atoms with Gasteiger partial charge in [-0.2, -0.15) is 18.4 Å². The van der Waals surface area contributed by atoms with Crippen LogP contribution < -0.4 is 5.32 Å². The van der Waals surface area contributed by atoms with Crippen LogP contribution in [-0.4, -0.2) is 48.5 Å². The number of sulfone groups is 1. The molecule has 5 rings (SSSR count). The summed E-state index contributed by atoms with van der Waals surface area (Å²) in [5.74, 6) is -1.49. The molecule has 1 N–H and O–H groups in total. The lowest BCUT2D eigenvalue weighted by atomic mass is 9.89. The third-order valence-electron chi connectivity index (χ3n) is 7.70. The van der Waals surface area contributed by atoms with Crippen molar-refractivity contribution in [1.29, 1.82) is 5.26 Å². The standard InChI is InChI=1S/C26H22Cl2F3N3O4S/c27-15-5-6-17(18(11-15)26(29,30)31)25(9-10-25)23(36)34-13-16(39(37,38)21-4-2-1-3-19(21)28)12-20(34)22(35)33-24(14-32)7-8-24/h1-6,11,16,20H,7-10,12-13H2,(H,33,35)/t16-,20+/m1/s1. The Labute approximate surface area is 232 Å². The Morgan fingerprint density at radius 1 is 1.08 bits per heavy atom. The van der Waals surface area contributed by atoms with Crippen molar-refractivity contribution < 1.29 is 31.2 Å². The summed E-state index contributed by atoms with van der Waals surface area (Å²) in [6.07, 6.45) is -4.10. The van der Waals surface area contributed by atoms with Gasteiger partial charge >= 0.3 is 6.18 Å². The van der Waals surface area contributed by atoms with Gasteiger partial charge in [0.2, 0.25) is 11.8 Å². The Bertz CT molecular complexity index is 1520. The molecule has 2 amide bonds. The number of nitrogens with zero attached hydrogens (tertiary/aromatic N) is 2. The number of hydrogen-bond donors (Lipinski definition) is 1. The molecular formula is C26H22Cl2F3N3O4S. The summed E-state index contributed by atoms with van der Waals surface area (Å²) in [6.45, 7) is -0.416. The molecule has 0 spiro atoms. The van der Waals surface area contributed by atoms with Gasteiger partial charge < -0.3 is 10.2 Å². The van der Waals surface area contributed by atoms with Crippen LogP contribution in [0, 0.1) is 11.3 Å². The van der Waals surface area contributed by atoms with E-state index in [0.717, 1.165) is 17.0 Å². The average molecular weight is 600 g/mol. The van der Waals surface area contributed by atoms with Crippen LogP contribution >= 0.6 is 23.2 Å². The first-order valence-corrected chi connectivity index (χ1v) is 14.4. The van der Waals surface area contributed by atoms with E-state index in [-0.39, 0.29) is 39.8 Å². The fraction of sp³-hybridized carbons (Fsp3) is 0.423. The van der Waals surface area contributed by atoms with Crippen LogP contribution in [0.1, 0.15) is 43.2 Å². The monoisotopic (exact) mass is 599 g/mol. The van der Waals surface area contributed by atoms with Crippen LogP contribution in [0.3, 0.4) is 0 Å². The number of alkyl halides is 3. The molecule has 1 aliphatic heterocycles. The number of carbonyl (C=O) groups is 2. The molecule has 2 saturated carbocycles. The predicted octanol–water partition coefficient (Wildman–Crippen LogP) is 4.66. The van der Waals surface area contributed by atoms with E-state index in [1.54, 1.807) is 6.07 Å². The molecule has 7 nitrogen and oxygen atoms in total. The van der Waals surface area contributed by atoms with Crippen LogP contribution in [-0.2, 0) is 31.0 Å². The molecule has 0 aromatic heterocycles. The molecule has 3 fully saturated rings. The highest BCUT2D eigenvalue weighted by atomic mass is 35.5. The van der Waals surface area contributed by atoms with Gasteiger partial charge in [0, 0.05) is 11.6 Å². The number of hydrogen-bond acceptors (Lipinski definition) is 5. The van der Waals surface area contributed by atoms with Crippen molar-refractivity contribution in [1.82, 2.24) is 10.2 Å². The van der Waals surface area contributed by atoms with Crippen molar-refractivity contribution >= 4 is 44.9 Å². The molecule has 13 heteroatoms. The molecule has 2 atom stereocenters. The van der Waals surface area contributed by atoms with E-state index in [0.29, 0.717) is 12.8 Å². The molecule has 2 aliphatic carbocycles. The molecule has 1 heterocycles. The van der Waals surface area contributed by atoms with Gasteiger partial charge in [0.25, 0.3) is 0 Å². The fourth-order valence-corrected chi connectivity index (χ4v) is 7.62. The summed E-state index contributed by atoms with van der Waals surface area (Å²) in [6, 6.07) is 9.66. The second-order valence-corrected chi connectivity index (χ2v) is 13.3. The summed E-state index contributed by atoms with van der Waals surface area (Å²) in [4.78, 5) is 28.2. The molecule has 2 aromatic rings. The van der Waals surface area contributed by atoms with Crippen LogP contribution in [0.4, 0.5) is 13.2 Å². The molecule has 39 heavy (non-hydrogen) atoms. The summed E-state index contributed by atoms with van der Waals surface area (Å²) in [7, 11) is -4.13. The lowest BCUT2D eigenvalue weighted by Gasteiger charge is -2.30. The molecule has 1 saturated heterocycles. The van der Waals surface area contributed by atoms with Crippen molar-refractivity contribution in [3.8, 4) is 6.07 Å². The highest BCUT2D eigenvalue weighted by molar-refractivity contribution is 7.92. The fourth-order valence-electron chi connectivity index (χ4n) is 5.23. The van der Waals surface area contributed by atoms with E-state index in [2.05, 4.69) is 5.32 Å². The average Bonchev–Trinajstić information content (AvgIpc) is 3.80. The summed E-state index contributed by atoms with van der Waals surface area (Å²) >= 11 is 12.0. The lowest BCUT2D eigenvalue weighted by molar-refractivity contribution is -0.143. The number of likely N-dealkylation sites (tertiary alicyclic amines) is 1. The second kappa shape index (κ2) is 9.39. The van der Waals surface area contributed by atoms with E-state index in [1.165, 1.54) is 24.3 Å². The molecule has 3 aliphatic rings. The molecule has 2 aromatic carbocycles. The van der Waals surface area contributed by atoms with Crippen molar-refractivity contribution in [2.45, 2.75) is 65.4 Å². The van der Waals surface area contributed by atoms with Gasteiger partial charge in [-0.3, -0.25) is 9.59 Å². The minimum Gasteiger partial charge on any atom is -0.336 e. The number of halogens is 5. The van der Waals surface area contributed by atoms with Crippen LogP contribution in [0.2, 0.25) is 10.0 Å². The normalized spacial score (nSPS) is 23.1. The van der Waals surface area contributed by atoms with Crippen molar-refractivity contribution in [2.75, 3.05) is 6.54 Å². The van der Waals surface area contributed by atoms with Crippen LogP contribution in [0.25, 0.3) is 0 Å². The third-order valence-corrected chi connectivity index (χ3v) is 10.6.